The van der Waals surface area contributed by atoms with Gasteiger partial charge in [-0.05, 0) is 20.8 Å². The fraction of sp³-hybridized carbons (Fsp3) is 0.900. The Hall–Kier alpha value is -0.570. The number of hydrogen-bond acceptors (Lipinski definition) is 3. The molecule has 0 fully saturated rings. The van der Waals surface area contributed by atoms with Crippen molar-refractivity contribution < 1.29 is 14.6 Å². The van der Waals surface area contributed by atoms with Gasteiger partial charge in [0.15, 0.2) is 0 Å². The van der Waals surface area contributed by atoms with Gasteiger partial charge in [0, 0.05) is 6.42 Å². The second-order valence-corrected chi connectivity index (χ2v) is 4.39. The largest absolute Gasteiger partial charge is 0.459 e. The molecule has 0 saturated heterocycles. The van der Waals surface area contributed by atoms with Crippen LogP contribution in [0.15, 0.2) is 0 Å². The Balaban J connectivity index is 4.09. The van der Waals surface area contributed by atoms with Crippen molar-refractivity contribution in [3.05, 3.63) is 0 Å². The lowest BCUT2D eigenvalue weighted by Crippen LogP contribution is -2.33. The van der Waals surface area contributed by atoms with E-state index >= 15 is 0 Å². The third-order valence-corrected chi connectivity index (χ3v) is 1.64. The van der Waals surface area contributed by atoms with Crippen LogP contribution in [0.25, 0.3) is 0 Å². The van der Waals surface area contributed by atoms with Crippen LogP contribution in [-0.2, 0) is 9.53 Å². The highest BCUT2D eigenvalue weighted by atomic mass is 16.6. The van der Waals surface area contributed by atoms with E-state index in [1.54, 1.807) is 34.6 Å². The van der Waals surface area contributed by atoms with Crippen molar-refractivity contribution in [3.63, 3.8) is 0 Å². The Morgan fingerprint density at radius 1 is 1.38 bits per heavy atom. The summed E-state index contributed by atoms with van der Waals surface area (Å²) in [5.41, 5.74) is -0.574. The van der Waals surface area contributed by atoms with Crippen LogP contribution >= 0.6 is 0 Å². The Kier molecular flexibility index (Phi) is 4.40. The molecular weight excluding hydrogens is 168 g/mol. The van der Waals surface area contributed by atoms with Gasteiger partial charge < -0.3 is 9.84 Å². The van der Waals surface area contributed by atoms with Crippen LogP contribution in [0.3, 0.4) is 0 Å². The lowest BCUT2D eigenvalue weighted by Gasteiger charge is -2.27. The zero-order valence-electron chi connectivity index (χ0n) is 9.13. The predicted molar refractivity (Wildman–Crippen MR) is 51.3 cm³/mol. The number of aliphatic hydroxyl groups is 1. The van der Waals surface area contributed by atoms with E-state index < -0.39 is 11.7 Å². The minimum absolute atomic E-state index is 0.117. The molecule has 0 rings (SSSR count). The van der Waals surface area contributed by atoms with E-state index in [-0.39, 0.29) is 11.9 Å². The highest BCUT2D eigenvalue weighted by Gasteiger charge is 2.25. The van der Waals surface area contributed by atoms with Gasteiger partial charge >= 0.3 is 5.97 Å². The topological polar surface area (TPSA) is 46.5 Å². The fourth-order valence-electron chi connectivity index (χ4n) is 1.14. The summed E-state index contributed by atoms with van der Waals surface area (Å²) < 4.78 is 5.21. The molecule has 0 aliphatic rings. The van der Waals surface area contributed by atoms with Crippen molar-refractivity contribution in [2.75, 3.05) is 0 Å². The molecule has 13 heavy (non-hydrogen) atoms. The first kappa shape index (κ1) is 12.4. The highest BCUT2D eigenvalue weighted by molar-refractivity contribution is 5.71. The lowest BCUT2D eigenvalue weighted by atomic mass is 10.0. The Morgan fingerprint density at radius 2 is 1.85 bits per heavy atom. The van der Waals surface area contributed by atoms with Crippen LogP contribution in [0.1, 0.15) is 41.0 Å². The van der Waals surface area contributed by atoms with E-state index in [0.29, 0.717) is 6.42 Å². The maximum Gasteiger partial charge on any atom is 0.308 e. The minimum Gasteiger partial charge on any atom is -0.459 e. The van der Waals surface area contributed by atoms with Gasteiger partial charge in [0.2, 0.25) is 0 Å². The van der Waals surface area contributed by atoms with E-state index in [4.69, 9.17) is 9.84 Å². The van der Waals surface area contributed by atoms with Gasteiger partial charge in [-0.15, -0.1) is 0 Å². The van der Waals surface area contributed by atoms with E-state index in [2.05, 4.69) is 0 Å². The van der Waals surface area contributed by atoms with Gasteiger partial charge in [0.05, 0.1) is 12.0 Å². The molecule has 3 heteroatoms. The van der Waals surface area contributed by atoms with Crippen LogP contribution in [0.5, 0.6) is 0 Å². The molecule has 0 bridgehead atoms. The standard InChI is InChI=1S/C10H20O3/c1-7(2)9(12)13-10(4,5)6-8(3)11/h7-8,11H,6H2,1-5H3. The van der Waals surface area contributed by atoms with Crippen LogP contribution in [0.4, 0.5) is 0 Å². The van der Waals surface area contributed by atoms with Crippen LogP contribution in [-0.4, -0.2) is 22.8 Å². The van der Waals surface area contributed by atoms with E-state index in [1.807, 2.05) is 0 Å². The number of rotatable bonds is 4. The molecule has 1 N–H and O–H groups in total. The molecule has 0 saturated carbocycles. The molecule has 0 aromatic carbocycles. The van der Waals surface area contributed by atoms with Gasteiger partial charge in [0.1, 0.15) is 5.60 Å². The zero-order chi connectivity index (χ0) is 10.6. The smallest absolute Gasteiger partial charge is 0.308 e. The van der Waals surface area contributed by atoms with Crippen LogP contribution in [0, 0.1) is 5.92 Å². The molecule has 0 aromatic heterocycles. The summed E-state index contributed by atoms with van der Waals surface area (Å²) in [6.07, 6.45) is 0.0146. The molecule has 78 valence electrons. The first-order chi connectivity index (χ1) is 5.74. The highest BCUT2D eigenvalue weighted by Crippen LogP contribution is 2.18. The SMILES string of the molecule is CC(O)CC(C)(C)OC(=O)C(C)C. The molecule has 0 radical (unpaired) electrons. The van der Waals surface area contributed by atoms with Crippen molar-refractivity contribution in [1.82, 2.24) is 0 Å². The fourth-order valence-corrected chi connectivity index (χ4v) is 1.14. The van der Waals surface area contributed by atoms with Crippen molar-refractivity contribution in [2.24, 2.45) is 5.92 Å². The molecule has 0 aromatic rings. The molecule has 1 atom stereocenters. The number of esters is 1. The molecular formula is C10H20O3. The van der Waals surface area contributed by atoms with Gasteiger partial charge in [-0.2, -0.15) is 0 Å². The molecule has 0 aliphatic carbocycles. The normalized spacial score (nSPS) is 14.4. The summed E-state index contributed by atoms with van der Waals surface area (Å²) in [7, 11) is 0. The number of carbonyl (C=O) groups excluding carboxylic acids is 1. The third kappa shape index (κ3) is 5.64. The molecule has 1 unspecified atom stereocenters. The number of ether oxygens (including phenoxy) is 1. The maximum absolute atomic E-state index is 11.2. The summed E-state index contributed by atoms with van der Waals surface area (Å²) in [4.78, 5) is 11.2. The van der Waals surface area contributed by atoms with Crippen molar-refractivity contribution in [3.8, 4) is 0 Å². The molecule has 0 heterocycles. The minimum atomic E-state index is -0.574. The molecule has 3 nitrogen and oxygen atoms in total. The molecule has 0 amide bonds. The molecule has 0 spiro atoms. The Labute approximate surface area is 80.1 Å². The van der Waals surface area contributed by atoms with Gasteiger partial charge in [-0.1, -0.05) is 13.8 Å². The summed E-state index contributed by atoms with van der Waals surface area (Å²) in [6, 6.07) is 0. The average Bonchev–Trinajstić information content (AvgIpc) is 1.81. The monoisotopic (exact) mass is 188 g/mol. The second kappa shape index (κ2) is 4.61. The van der Waals surface area contributed by atoms with Gasteiger partial charge in [-0.3, -0.25) is 4.79 Å². The number of carbonyl (C=O) groups is 1. The Bertz CT molecular complexity index is 171. The quantitative estimate of drug-likeness (QED) is 0.683. The van der Waals surface area contributed by atoms with E-state index in [1.165, 1.54) is 0 Å². The summed E-state index contributed by atoms with van der Waals surface area (Å²) in [5, 5.41) is 9.15. The summed E-state index contributed by atoms with van der Waals surface area (Å²) >= 11 is 0. The van der Waals surface area contributed by atoms with E-state index in [9.17, 15) is 4.79 Å². The lowest BCUT2D eigenvalue weighted by molar-refractivity contribution is -0.162. The van der Waals surface area contributed by atoms with Crippen molar-refractivity contribution in [2.45, 2.75) is 52.7 Å². The molecule has 0 aliphatic heterocycles. The first-order valence-corrected chi connectivity index (χ1v) is 4.65. The average molecular weight is 188 g/mol. The number of hydrogen-bond donors (Lipinski definition) is 1. The van der Waals surface area contributed by atoms with Crippen molar-refractivity contribution in [1.29, 1.82) is 0 Å². The first-order valence-electron chi connectivity index (χ1n) is 4.65. The Morgan fingerprint density at radius 3 is 2.15 bits per heavy atom. The predicted octanol–water partition coefficient (Wildman–Crippen LogP) is 1.74. The zero-order valence-corrected chi connectivity index (χ0v) is 9.13. The van der Waals surface area contributed by atoms with Crippen molar-refractivity contribution >= 4 is 5.97 Å². The number of aliphatic hydroxyl groups excluding tert-OH is 1. The van der Waals surface area contributed by atoms with Gasteiger partial charge in [-0.25, -0.2) is 0 Å². The van der Waals surface area contributed by atoms with E-state index in [0.717, 1.165) is 0 Å². The van der Waals surface area contributed by atoms with Crippen LogP contribution in [0.2, 0.25) is 0 Å². The third-order valence-electron chi connectivity index (χ3n) is 1.64. The summed E-state index contributed by atoms with van der Waals surface area (Å²) in [6.45, 7) is 8.88. The van der Waals surface area contributed by atoms with Crippen LogP contribution < -0.4 is 0 Å². The van der Waals surface area contributed by atoms with Gasteiger partial charge in [0.25, 0.3) is 0 Å². The maximum atomic E-state index is 11.2. The second-order valence-electron chi connectivity index (χ2n) is 4.39. The summed E-state index contributed by atoms with van der Waals surface area (Å²) in [5.74, 6) is -0.334.